The standard InChI is InChI=1S/C36H42N4O6/c1-17-23(9-11-33(43)45-7)29-16-30-24(10-12-34(44)46-8)18(2)26(38-30)14-31-36(22(6)42)20(4)28(40-31)15-32-35(21(5)41)19(3)27(39-32)13-25(17)37-29/h13-16,21-22,39-42H,9-12H2,1-8H3/t21-,22+/m1/s1. The first-order chi connectivity index (χ1) is 21.8. The first-order valence-electron chi connectivity index (χ1n) is 15.5. The average molecular weight is 627 g/mol. The van der Waals surface area contributed by atoms with Crippen molar-refractivity contribution in [2.75, 3.05) is 14.2 Å². The van der Waals surface area contributed by atoms with Gasteiger partial charge < -0.3 is 29.7 Å². The molecule has 0 spiro atoms. The van der Waals surface area contributed by atoms with Gasteiger partial charge >= 0.3 is 11.9 Å². The molecule has 2 aliphatic heterocycles. The number of ether oxygens (including phenoxy) is 2. The number of carbonyl (C=O) groups is 2. The van der Waals surface area contributed by atoms with Crippen LogP contribution in [-0.2, 0) is 19.1 Å². The van der Waals surface area contributed by atoms with Crippen LogP contribution in [-0.4, -0.2) is 56.3 Å². The van der Waals surface area contributed by atoms with Gasteiger partial charge in [-0.15, -0.1) is 0 Å². The van der Waals surface area contributed by atoms with Crippen LogP contribution in [0.3, 0.4) is 0 Å². The van der Waals surface area contributed by atoms with Crippen molar-refractivity contribution in [1.29, 1.82) is 0 Å². The minimum Gasteiger partial charge on any atom is -0.469 e. The van der Waals surface area contributed by atoms with Gasteiger partial charge in [0.05, 0.1) is 49.2 Å². The topological polar surface area (TPSA) is 150 Å². The van der Waals surface area contributed by atoms with Crippen molar-refractivity contribution < 1.29 is 29.3 Å². The summed E-state index contributed by atoms with van der Waals surface area (Å²) in [7, 11) is 2.75. The first-order valence-corrected chi connectivity index (χ1v) is 15.5. The number of aromatic amines is 2. The van der Waals surface area contributed by atoms with Gasteiger partial charge in [-0.25, -0.2) is 9.97 Å². The molecule has 4 N–H and O–H groups in total. The number of hydrogen-bond acceptors (Lipinski definition) is 8. The summed E-state index contributed by atoms with van der Waals surface area (Å²) in [4.78, 5) is 41.4. The number of esters is 2. The summed E-state index contributed by atoms with van der Waals surface area (Å²) in [5.74, 6) is -0.633. The summed E-state index contributed by atoms with van der Waals surface area (Å²) in [6.45, 7) is 11.4. The number of allylic oxidation sites excluding steroid dienone is 4. The lowest BCUT2D eigenvalue weighted by Gasteiger charge is -2.06. The minimum absolute atomic E-state index is 0.185. The molecule has 2 atom stereocenters. The van der Waals surface area contributed by atoms with Crippen LogP contribution in [0.5, 0.6) is 0 Å². The average Bonchev–Trinajstić information content (AvgIpc) is 3.67. The van der Waals surface area contributed by atoms with E-state index in [1.165, 1.54) is 14.2 Å². The monoisotopic (exact) mass is 626 g/mol. The fourth-order valence-corrected chi connectivity index (χ4v) is 6.51. The highest BCUT2D eigenvalue weighted by molar-refractivity contribution is 5.96. The number of fused-ring (bicyclic) bond motifs is 8. The first kappa shape index (κ1) is 32.8. The molecular weight excluding hydrogens is 584 g/mol. The number of aryl methyl sites for hydroxylation is 2. The molecule has 3 aromatic heterocycles. The van der Waals surface area contributed by atoms with Crippen LogP contribution in [0.15, 0.2) is 24.3 Å². The van der Waals surface area contributed by atoms with Gasteiger partial charge in [0.1, 0.15) is 0 Å². The lowest BCUT2D eigenvalue weighted by molar-refractivity contribution is -0.141. The Morgan fingerprint density at radius 1 is 0.652 bits per heavy atom. The number of nitrogens with one attached hydrogen (secondary N) is 2. The largest absolute Gasteiger partial charge is 0.469 e. The molecule has 0 saturated heterocycles. The molecule has 0 aliphatic carbocycles. The molecule has 8 bridgehead atoms. The summed E-state index contributed by atoms with van der Waals surface area (Å²) in [5.41, 5.74) is 12.7. The number of rotatable bonds is 8. The van der Waals surface area contributed by atoms with E-state index in [0.717, 1.165) is 72.3 Å². The van der Waals surface area contributed by atoms with E-state index < -0.39 is 12.2 Å². The highest BCUT2D eigenvalue weighted by atomic mass is 16.5. The molecule has 10 heteroatoms. The van der Waals surface area contributed by atoms with E-state index in [0.29, 0.717) is 29.9 Å². The number of H-pyrrole nitrogens is 2. The summed E-state index contributed by atoms with van der Waals surface area (Å²) in [6, 6.07) is 7.77. The van der Waals surface area contributed by atoms with Crippen molar-refractivity contribution in [3.8, 4) is 0 Å². The van der Waals surface area contributed by atoms with E-state index in [4.69, 9.17) is 19.4 Å². The Hall–Kier alpha value is -4.54. The fraction of sp³-hybridized carbons (Fsp3) is 0.389. The maximum Gasteiger partial charge on any atom is 0.305 e. The predicted molar refractivity (Wildman–Crippen MR) is 179 cm³/mol. The molecule has 0 fully saturated rings. The van der Waals surface area contributed by atoms with Gasteiger partial charge in [-0.1, -0.05) is 0 Å². The number of methoxy groups -OCH3 is 2. The van der Waals surface area contributed by atoms with E-state index in [9.17, 15) is 19.8 Å². The maximum absolute atomic E-state index is 12.2. The third kappa shape index (κ3) is 6.15. The third-order valence-corrected chi connectivity index (χ3v) is 9.08. The molecule has 242 valence electrons. The van der Waals surface area contributed by atoms with Gasteiger partial charge in [-0.05, 0) is 112 Å². The number of aromatic nitrogens is 4. The zero-order valence-electron chi connectivity index (χ0n) is 27.7. The van der Waals surface area contributed by atoms with Crippen molar-refractivity contribution in [3.63, 3.8) is 0 Å². The highest BCUT2D eigenvalue weighted by Gasteiger charge is 2.24. The minimum atomic E-state index is -0.760. The molecule has 0 saturated carbocycles. The van der Waals surface area contributed by atoms with Crippen molar-refractivity contribution in [3.05, 3.63) is 69.3 Å². The molecule has 5 rings (SSSR count). The Labute approximate surface area is 268 Å². The van der Waals surface area contributed by atoms with E-state index in [-0.39, 0.29) is 24.8 Å². The second kappa shape index (κ2) is 13.1. The van der Waals surface area contributed by atoms with Crippen molar-refractivity contribution >= 4 is 56.3 Å². The van der Waals surface area contributed by atoms with Crippen LogP contribution >= 0.6 is 0 Å². The molecular formula is C36H42N4O6. The molecule has 5 heterocycles. The van der Waals surface area contributed by atoms with E-state index >= 15 is 0 Å². The Kier molecular flexibility index (Phi) is 9.32. The van der Waals surface area contributed by atoms with Crippen molar-refractivity contribution in [1.82, 2.24) is 19.9 Å². The quantitative estimate of drug-likeness (QED) is 0.199. The number of aliphatic hydroxyl groups is 2. The second-order valence-electron chi connectivity index (χ2n) is 12.0. The Balaban J connectivity index is 1.91. The SMILES string of the molecule is COC(=O)CCC1=C(C)c2cc3[nH]c(cc4[nH]c(cc5nc(cc1n2)C(CCC(=O)OC)=C5C)c([C@H](C)O)c4C)c([C@@H](C)O)c3C. The predicted octanol–water partition coefficient (Wildman–Crippen LogP) is 6.81. The molecule has 2 aliphatic rings. The van der Waals surface area contributed by atoms with Gasteiger partial charge in [-0.3, -0.25) is 9.59 Å². The fourth-order valence-electron chi connectivity index (χ4n) is 6.51. The lowest BCUT2D eigenvalue weighted by Crippen LogP contribution is -2.01. The number of hydrogen-bond donors (Lipinski definition) is 4. The molecule has 0 amide bonds. The number of nitrogens with zero attached hydrogens (tertiary/aromatic N) is 2. The Morgan fingerprint density at radius 2 is 1.04 bits per heavy atom. The van der Waals surface area contributed by atoms with Crippen LogP contribution in [0, 0.1) is 13.8 Å². The smallest absolute Gasteiger partial charge is 0.305 e. The summed E-state index contributed by atoms with van der Waals surface area (Å²) in [5, 5.41) is 21.7. The van der Waals surface area contributed by atoms with Crippen molar-refractivity contribution in [2.24, 2.45) is 0 Å². The highest BCUT2D eigenvalue weighted by Crippen LogP contribution is 2.39. The third-order valence-electron chi connectivity index (χ3n) is 9.08. The second-order valence-corrected chi connectivity index (χ2v) is 12.0. The number of carbonyl (C=O) groups excluding carboxylic acids is 2. The normalized spacial score (nSPS) is 14.5. The van der Waals surface area contributed by atoms with Crippen molar-refractivity contribution in [2.45, 2.75) is 79.4 Å². The summed E-state index contributed by atoms with van der Waals surface area (Å²) < 4.78 is 9.86. The van der Waals surface area contributed by atoms with Crippen LogP contribution in [0.2, 0.25) is 0 Å². The molecule has 10 nitrogen and oxygen atoms in total. The Morgan fingerprint density at radius 3 is 1.46 bits per heavy atom. The van der Waals surface area contributed by atoms with E-state index in [1.807, 2.05) is 52.0 Å². The van der Waals surface area contributed by atoms with Crippen LogP contribution < -0.4 is 0 Å². The van der Waals surface area contributed by atoms with Gasteiger partial charge in [0.25, 0.3) is 0 Å². The van der Waals surface area contributed by atoms with E-state index in [2.05, 4.69) is 9.97 Å². The van der Waals surface area contributed by atoms with Crippen LogP contribution in [0.25, 0.3) is 44.4 Å². The molecule has 0 radical (unpaired) electrons. The molecule has 0 unspecified atom stereocenters. The van der Waals surface area contributed by atoms with Crippen LogP contribution in [0.1, 0.15) is 111 Å². The molecule has 3 aromatic rings. The van der Waals surface area contributed by atoms with E-state index in [1.54, 1.807) is 13.8 Å². The van der Waals surface area contributed by atoms with Gasteiger partial charge in [0, 0.05) is 46.0 Å². The zero-order valence-corrected chi connectivity index (χ0v) is 27.7. The van der Waals surface area contributed by atoms with Gasteiger partial charge in [-0.2, -0.15) is 0 Å². The maximum atomic E-state index is 12.2. The summed E-state index contributed by atoms with van der Waals surface area (Å²) >= 11 is 0. The number of aliphatic hydroxyl groups excluding tert-OH is 2. The summed E-state index contributed by atoms with van der Waals surface area (Å²) in [6.07, 6.45) is -0.289. The van der Waals surface area contributed by atoms with Gasteiger partial charge in [0.2, 0.25) is 0 Å². The lowest BCUT2D eigenvalue weighted by atomic mass is 9.98. The molecule has 46 heavy (non-hydrogen) atoms. The molecule has 0 aromatic carbocycles. The van der Waals surface area contributed by atoms with Crippen LogP contribution in [0.4, 0.5) is 0 Å². The Bertz CT molecular complexity index is 1960. The van der Waals surface area contributed by atoms with Gasteiger partial charge in [0.15, 0.2) is 0 Å². The zero-order chi connectivity index (χ0) is 33.4.